The van der Waals surface area contributed by atoms with Crippen LogP contribution in [0.2, 0.25) is 0 Å². The zero-order valence-electron chi connectivity index (χ0n) is 18.1. The van der Waals surface area contributed by atoms with E-state index in [-0.39, 0.29) is 30.2 Å². The third-order valence-electron chi connectivity index (χ3n) is 5.40. The summed E-state index contributed by atoms with van der Waals surface area (Å²) >= 11 is 0. The van der Waals surface area contributed by atoms with Crippen molar-refractivity contribution in [1.82, 2.24) is 4.90 Å². The zero-order valence-corrected chi connectivity index (χ0v) is 18.1. The van der Waals surface area contributed by atoms with Crippen molar-refractivity contribution in [1.29, 1.82) is 0 Å². The number of likely N-dealkylation sites (N-methyl/N-ethyl adjacent to an activating group) is 1. The van der Waals surface area contributed by atoms with Crippen molar-refractivity contribution >= 4 is 39.9 Å². The van der Waals surface area contributed by atoms with Crippen molar-refractivity contribution in [3.05, 3.63) is 66.2 Å². The SMILES string of the molecule is COc1cccc(NC(=O)CN(C)C(=O)c2cc3ccccc3cc2NC(=O)C2CC2)c1. The van der Waals surface area contributed by atoms with Crippen molar-refractivity contribution in [3.63, 3.8) is 0 Å². The summed E-state index contributed by atoms with van der Waals surface area (Å²) in [7, 11) is 3.12. The van der Waals surface area contributed by atoms with Crippen molar-refractivity contribution in [2.75, 3.05) is 31.3 Å². The van der Waals surface area contributed by atoms with Crippen LogP contribution in [0.15, 0.2) is 60.7 Å². The maximum Gasteiger partial charge on any atom is 0.256 e. The van der Waals surface area contributed by atoms with Crippen LogP contribution in [0.5, 0.6) is 5.75 Å². The van der Waals surface area contributed by atoms with Gasteiger partial charge in [-0.25, -0.2) is 0 Å². The minimum atomic E-state index is -0.345. The summed E-state index contributed by atoms with van der Waals surface area (Å²) in [5.41, 5.74) is 1.40. The lowest BCUT2D eigenvalue weighted by Crippen LogP contribution is -2.35. The number of carbonyl (C=O) groups is 3. The number of ether oxygens (including phenoxy) is 1. The van der Waals surface area contributed by atoms with E-state index in [1.165, 1.54) is 4.90 Å². The molecular weight excluding hydrogens is 406 g/mol. The number of hydrogen-bond acceptors (Lipinski definition) is 4. The molecule has 164 valence electrons. The Balaban J connectivity index is 1.53. The van der Waals surface area contributed by atoms with Gasteiger partial charge < -0.3 is 20.3 Å². The number of fused-ring (bicyclic) bond motifs is 1. The Bertz CT molecular complexity index is 1190. The van der Waals surface area contributed by atoms with Crippen LogP contribution in [-0.4, -0.2) is 43.3 Å². The molecule has 0 aliphatic heterocycles. The third kappa shape index (κ3) is 4.88. The number of amides is 3. The lowest BCUT2D eigenvalue weighted by atomic mass is 10.0. The Kier molecular flexibility index (Phi) is 6.07. The highest BCUT2D eigenvalue weighted by Gasteiger charge is 2.30. The second-order valence-electron chi connectivity index (χ2n) is 7.95. The monoisotopic (exact) mass is 431 g/mol. The third-order valence-corrected chi connectivity index (χ3v) is 5.40. The molecule has 32 heavy (non-hydrogen) atoms. The van der Waals surface area contributed by atoms with Gasteiger partial charge in [-0.2, -0.15) is 0 Å². The van der Waals surface area contributed by atoms with Gasteiger partial charge in [-0.15, -0.1) is 0 Å². The Morgan fingerprint density at radius 3 is 2.38 bits per heavy atom. The molecule has 3 aromatic rings. The van der Waals surface area contributed by atoms with Gasteiger partial charge >= 0.3 is 0 Å². The molecule has 4 rings (SSSR count). The molecule has 0 spiro atoms. The van der Waals surface area contributed by atoms with Crippen LogP contribution in [-0.2, 0) is 9.59 Å². The van der Waals surface area contributed by atoms with E-state index in [2.05, 4.69) is 10.6 Å². The number of nitrogens with one attached hydrogen (secondary N) is 2. The number of carbonyl (C=O) groups excluding carboxylic acids is 3. The van der Waals surface area contributed by atoms with Gasteiger partial charge in [0.1, 0.15) is 5.75 Å². The molecule has 7 heteroatoms. The Labute approximate surface area is 186 Å². The smallest absolute Gasteiger partial charge is 0.256 e. The van der Waals surface area contributed by atoms with E-state index in [1.807, 2.05) is 30.3 Å². The van der Waals surface area contributed by atoms with Crippen molar-refractivity contribution < 1.29 is 19.1 Å². The Morgan fingerprint density at radius 1 is 0.969 bits per heavy atom. The molecule has 3 amide bonds. The highest BCUT2D eigenvalue weighted by Crippen LogP contribution is 2.32. The first-order valence-electron chi connectivity index (χ1n) is 10.5. The molecule has 1 aliphatic carbocycles. The number of methoxy groups -OCH3 is 1. The first-order valence-corrected chi connectivity index (χ1v) is 10.5. The van der Waals surface area contributed by atoms with Gasteiger partial charge in [0.2, 0.25) is 11.8 Å². The van der Waals surface area contributed by atoms with E-state index in [9.17, 15) is 14.4 Å². The Morgan fingerprint density at radius 2 is 1.69 bits per heavy atom. The topological polar surface area (TPSA) is 87.7 Å². The van der Waals surface area contributed by atoms with Crippen LogP contribution in [0.3, 0.4) is 0 Å². The molecule has 0 saturated heterocycles. The number of anilines is 2. The fourth-order valence-electron chi connectivity index (χ4n) is 3.50. The second kappa shape index (κ2) is 9.09. The van der Waals surface area contributed by atoms with Gasteiger partial charge in [-0.05, 0) is 47.9 Å². The van der Waals surface area contributed by atoms with Crippen LogP contribution in [0.4, 0.5) is 11.4 Å². The van der Waals surface area contributed by atoms with Crippen LogP contribution >= 0.6 is 0 Å². The first-order chi connectivity index (χ1) is 15.4. The van der Waals surface area contributed by atoms with Crippen LogP contribution in [0.1, 0.15) is 23.2 Å². The molecule has 1 aliphatic rings. The van der Waals surface area contributed by atoms with Crippen LogP contribution in [0, 0.1) is 5.92 Å². The second-order valence-corrected chi connectivity index (χ2v) is 7.95. The van der Waals surface area contributed by atoms with Gasteiger partial charge in [-0.1, -0.05) is 30.3 Å². The summed E-state index contributed by atoms with van der Waals surface area (Å²) in [5, 5.41) is 7.48. The minimum Gasteiger partial charge on any atom is -0.497 e. The Hall–Kier alpha value is -3.87. The summed E-state index contributed by atoms with van der Waals surface area (Å²) in [4.78, 5) is 39.5. The predicted octanol–water partition coefficient (Wildman–Crippen LogP) is 3.91. The van der Waals surface area contributed by atoms with Crippen LogP contribution < -0.4 is 15.4 Å². The van der Waals surface area contributed by atoms with E-state index < -0.39 is 0 Å². The van der Waals surface area contributed by atoms with Gasteiger partial charge in [0, 0.05) is 24.7 Å². The van der Waals surface area contributed by atoms with Gasteiger partial charge in [-0.3, -0.25) is 14.4 Å². The molecule has 0 atom stereocenters. The highest BCUT2D eigenvalue weighted by molar-refractivity contribution is 6.09. The fourth-order valence-corrected chi connectivity index (χ4v) is 3.50. The zero-order chi connectivity index (χ0) is 22.7. The molecule has 2 N–H and O–H groups in total. The predicted molar refractivity (Wildman–Crippen MR) is 124 cm³/mol. The van der Waals surface area contributed by atoms with E-state index >= 15 is 0 Å². The van der Waals surface area contributed by atoms with Crippen molar-refractivity contribution in [2.24, 2.45) is 5.92 Å². The molecular formula is C25H25N3O4. The molecule has 0 aromatic heterocycles. The van der Waals surface area contributed by atoms with E-state index in [1.54, 1.807) is 44.5 Å². The minimum absolute atomic E-state index is 0.00999. The number of nitrogens with zero attached hydrogens (tertiary/aromatic N) is 1. The standard InChI is InChI=1S/C25H25N3O4/c1-28(15-23(29)26-19-8-5-9-20(14-19)32-2)25(31)21-12-17-6-3-4-7-18(17)13-22(21)27-24(30)16-10-11-16/h3-9,12-14,16H,10-11,15H2,1-2H3,(H,26,29)(H,27,30). The fraction of sp³-hybridized carbons (Fsp3) is 0.240. The molecule has 7 nitrogen and oxygen atoms in total. The lowest BCUT2D eigenvalue weighted by molar-refractivity contribution is -0.117. The van der Waals surface area contributed by atoms with E-state index in [0.29, 0.717) is 22.7 Å². The maximum absolute atomic E-state index is 13.2. The molecule has 0 bridgehead atoms. The highest BCUT2D eigenvalue weighted by atomic mass is 16.5. The normalized spacial score (nSPS) is 12.8. The van der Waals surface area contributed by atoms with Crippen molar-refractivity contribution in [3.8, 4) is 5.75 Å². The molecule has 1 saturated carbocycles. The first kappa shape index (κ1) is 21.4. The molecule has 0 radical (unpaired) electrons. The number of benzene rings is 3. The average Bonchev–Trinajstić information content (AvgIpc) is 3.63. The summed E-state index contributed by atoms with van der Waals surface area (Å²) in [6.45, 7) is -0.140. The van der Waals surface area contributed by atoms with E-state index in [4.69, 9.17) is 4.74 Å². The summed E-state index contributed by atoms with van der Waals surface area (Å²) in [6, 6.07) is 18.2. The molecule has 0 unspecified atom stereocenters. The summed E-state index contributed by atoms with van der Waals surface area (Å²) in [6.07, 6.45) is 1.74. The van der Waals surface area contributed by atoms with Crippen molar-refractivity contribution in [2.45, 2.75) is 12.8 Å². The van der Waals surface area contributed by atoms with Gasteiger partial charge in [0.15, 0.2) is 0 Å². The number of rotatable bonds is 7. The number of hydrogen-bond donors (Lipinski definition) is 2. The lowest BCUT2D eigenvalue weighted by Gasteiger charge is -2.20. The van der Waals surface area contributed by atoms with Crippen LogP contribution in [0.25, 0.3) is 10.8 Å². The molecule has 1 fully saturated rings. The average molecular weight is 431 g/mol. The molecule has 3 aromatic carbocycles. The largest absolute Gasteiger partial charge is 0.497 e. The maximum atomic E-state index is 13.2. The summed E-state index contributed by atoms with van der Waals surface area (Å²) < 4.78 is 5.16. The van der Waals surface area contributed by atoms with Gasteiger partial charge in [0.25, 0.3) is 5.91 Å². The molecule has 0 heterocycles. The van der Waals surface area contributed by atoms with Gasteiger partial charge in [0.05, 0.1) is 24.9 Å². The summed E-state index contributed by atoms with van der Waals surface area (Å²) in [5.74, 6) is -0.121. The quantitative estimate of drug-likeness (QED) is 0.594. The van der Waals surface area contributed by atoms with E-state index in [0.717, 1.165) is 23.6 Å².